The van der Waals surface area contributed by atoms with Crippen molar-refractivity contribution in [3.63, 3.8) is 0 Å². The Morgan fingerprint density at radius 1 is 1.36 bits per heavy atom. The number of nitrogens with zero attached hydrogens (tertiary/aromatic N) is 2. The van der Waals surface area contributed by atoms with E-state index in [0.29, 0.717) is 5.35 Å². The Balaban J connectivity index is 2.10. The number of aromatic nitrogens is 2. The van der Waals surface area contributed by atoms with E-state index in [4.69, 9.17) is 5.41 Å². The minimum absolute atomic E-state index is 0.00852. The summed E-state index contributed by atoms with van der Waals surface area (Å²) in [5.41, 5.74) is 0.606. The van der Waals surface area contributed by atoms with Gasteiger partial charge in [-0.05, 0) is 25.1 Å². The first-order chi connectivity index (χ1) is 12.0. The molecule has 0 atom stereocenters. The zero-order valence-corrected chi connectivity index (χ0v) is 13.8. The normalized spacial score (nSPS) is 15.6. The van der Waals surface area contributed by atoms with Crippen LogP contribution in [0.25, 0.3) is 18.2 Å². The third-order valence-corrected chi connectivity index (χ3v) is 3.90. The maximum Gasteiger partial charge on any atom is 0.258 e. The van der Waals surface area contributed by atoms with Crippen LogP contribution in [0.15, 0.2) is 53.0 Å². The second-order valence-electron chi connectivity index (χ2n) is 5.56. The van der Waals surface area contributed by atoms with E-state index in [1.54, 1.807) is 17.1 Å². The second kappa shape index (κ2) is 6.60. The zero-order valence-electron chi connectivity index (χ0n) is 13.8. The summed E-state index contributed by atoms with van der Waals surface area (Å²) >= 11 is 0. The smallest absolute Gasteiger partial charge is 0.258 e. The van der Waals surface area contributed by atoms with Crippen molar-refractivity contribution in [2.24, 2.45) is 0 Å². The van der Waals surface area contributed by atoms with Gasteiger partial charge < -0.3 is 15.0 Å². The molecule has 2 aromatic rings. The molecule has 0 aliphatic carbocycles. The number of aliphatic hydroxyl groups excluding tert-OH is 1. The van der Waals surface area contributed by atoms with Gasteiger partial charge in [0, 0.05) is 5.69 Å². The number of H-pyrrole nitrogens is 1. The Morgan fingerprint density at radius 2 is 2.08 bits per heavy atom. The molecule has 1 aliphatic rings. The fraction of sp³-hybridized carbons (Fsp3) is 0.105. The molecular formula is C19H18N4O2. The minimum Gasteiger partial charge on any atom is -0.509 e. The molecule has 0 saturated carbocycles. The van der Waals surface area contributed by atoms with Crippen molar-refractivity contribution in [1.82, 2.24) is 9.97 Å². The van der Waals surface area contributed by atoms with Gasteiger partial charge in [-0.2, -0.15) is 0 Å². The van der Waals surface area contributed by atoms with Crippen molar-refractivity contribution in [2.45, 2.75) is 6.92 Å². The van der Waals surface area contributed by atoms with Crippen LogP contribution in [0.5, 0.6) is 0 Å². The molecule has 0 bridgehead atoms. The highest BCUT2D eigenvalue weighted by molar-refractivity contribution is 6.30. The molecule has 25 heavy (non-hydrogen) atoms. The molecule has 3 rings (SSSR count). The van der Waals surface area contributed by atoms with Gasteiger partial charge in [0.1, 0.15) is 17.4 Å². The number of hydrogen-bond acceptors (Lipinski definition) is 4. The topological polar surface area (TPSA) is 93.1 Å². The van der Waals surface area contributed by atoms with Crippen LogP contribution in [-0.4, -0.2) is 27.5 Å². The van der Waals surface area contributed by atoms with Crippen LogP contribution in [0, 0.1) is 5.41 Å². The maximum absolute atomic E-state index is 12.2. The minimum atomic E-state index is -0.396. The molecule has 126 valence electrons. The van der Waals surface area contributed by atoms with Crippen molar-refractivity contribution in [3.8, 4) is 0 Å². The van der Waals surface area contributed by atoms with E-state index in [1.165, 1.54) is 0 Å². The number of allylic oxidation sites excluding steroid dienone is 2. The Morgan fingerprint density at radius 3 is 2.76 bits per heavy atom. The first kappa shape index (κ1) is 16.4. The molecule has 1 aliphatic heterocycles. The molecular weight excluding hydrogens is 316 g/mol. The van der Waals surface area contributed by atoms with Gasteiger partial charge in [0.15, 0.2) is 0 Å². The van der Waals surface area contributed by atoms with Gasteiger partial charge in [0.25, 0.3) is 5.56 Å². The third-order valence-electron chi connectivity index (χ3n) is 3.90. The highest BCUT2D eigenvalue weighted by atomic mass is 16.3. The van der Waals surface area contributed by atoms with E-state index < -0.39 is 5.56 Å². The van der Waals surface area contributed by atoms with Gasteiger partial charge in [-0.15, -0.1) is 0 Å². The van der Waals surface area contributed by atoms with E-state index in [9.17, 15) is 9.90 Å². The second-order valence-corrected chi connectivity index (χ2v) is 5.56. The summed E-state index contributed by atoms with van der Waals surface area (Å²) in [6.07, 6.45) is 5.24. The average molecular weight is 334 g/mol. The highest BCUT2D eigenvalue weighted by Crippen LogP contribution is 2.28. The zero-order chi connectivity index (χ0) is 18.0. The van der Waals surface area contributed by atoms with E-state index in [2.05, 4.69) is 16.5 Å². The Labute approximate surface area is 144 Å². The predicted octanol–water partition coefficient (Wildman–Crippen LogP) is 1.30. The summed E-state index contributed by atoms with van der Waals surface area (Å²) < 4.78 is 0. The lowest BCUT2D eigenvalue weighted by Crippen LogP contribution is -2.43. The first-order valence-electron chi connectivity index (χ1n) is 7.79. The fourth-order valence-corrected chi connectivity index (χ4v) is 2.62. The predicted molar refractivity (Wildman–Crippen MR) is 100.0 cm³/mol. The van der Waals surface area contributed by atoms with Gasteiger partial charge in [0.05, 0.1) is 22.7 Å². The molecule has 1 aromatic heterocycles. The van der Waals surface area contributed by atoms with E-state index in [1.807, 2.05) is 43.3 Å². The molecule has 0 amide bonds. The van der Waals surface area contributed by atoms with E-state index >= 15 is 0 Å². The SMILES string of the molecule is C=c1c(=O)[nH]c(C2=C(O)CN(c3ccccc3)C2=N)n/c1=C/C=C\C. The van der Waals surface area contributed by atoms with E-state index in [0.717, 1.165) is 5.69 Å². The first-order valence-corrected chi connectivity index (χ1v) is 7.79. The van der Waals surface area contributed by atoms with Gasteiger partial charge in [-0.25, -0.2) is 4.98 Å². The fourth-order valence-electron chi connectivity index (χ4n) is 2.62. The third kappa shape index (κ3) is 3.01. The maximum atomic E-state index is 12.2. The lowest BCUT2D eigenvalue weighted by atomic mass is 10.2. The molecule has 2 heterocycles. The van der Waals surface area contributed by atoms with Crippen LogP contribution in [0.2, 0.25) is 0 Å². The van der Waals surface area contributed by atoms with Crippen LogP contribution in [0.3, 0.4) is 0 Å². The monoisotopic (exact) mass is 334 g/mol. The van der Waals surface area contributed by atoms with Crippen molar-refractivity contribution in [2.75, 3.05) is 11.4 Å². The van der Waals surface area contributed by atoms with Crippen molar-refractivity contribution >= 4 is 29.8 Å². The Bertz CT molecular complexity index is 1050. The van der Waals surface area contributed by atoms with E-state index in [-0.39, 0.29) is 34.8 Å². The largest absolute Gasteiger partial charge is 0.509 e. The summed E-state index contributed by atoms with van der Waals surface area (Å²) in [4.78, 5) is 20.8. The number of hydrogen-bond donors (Lipinski definition) is 3. The van der Waals surface area contributed by atoms with Crippen LogP contribution >= 0.6 is 0 Å². The van der Waals surface area contributed by atoms with Crippen LogP contribution in [0.1, 0.15) is 12.7 Å². The van der Waals surface area contributed by atoms with Gasteiger partial charge >= 0.3 is 0 Å². The molecule has 0 radical (unpaired) electrons. The number of para-hydroxylation sites is 1. The van der Waals surface area contributed by atoms with Crippen molar-refractivity contribution in [3.05, 3.63) is 75.0 Å². The Hall–Kier alpha value is -3.41. The summed E-state index contributed by atoms with van der Waals surface area (Å²) in [5, 5.41) is 19.4. The number of benzene rings is 1. The average Bonchev–Trinajstić information content (AvgIpc) is 2.91. The number of aliphatic hydroxyl groups is 1. The highest BCUT2D eigenvalue weighted by Gasteiger charge is 2.30. The number of rotatable bonds is 3. The van der Waals surface area contributed by atoms with Crippen LogP contribution < -0.4 is 21.0 Å². The molecule has 0 fully saturated rings. The molecule has 6 heteroatoms. The molecule has 0 spiro atoms. The summed E-state index contributed by atoms with van der Waals surface area (Å²) in [5.74, 6) is 0.237. The molecule has 6 nitrogen and oxygen atoms in total. The van der Waals surface area contributed by atoms with Gasteiger partial charge in [-0.3, -0.25) is 10.2 Å². The quantitative estimate of drug-likeness (QED) is 0.789. The van der Waals surface area contributed by atoms with Gasteiger partial charge in [0.2, 0.25) is 0 Å². The van der Waals surface area contributed by atoms with Crippen molar-refractivity contribution in [1.29, 1.82) is 5.41 Å². The van der Waals surface area contributed by atoms with Crippen LogP contribution in [0.4, 0.5) is 5.69 Å². The summed E-state index contributed by atoms with van der Waals surface area (Å²) in [6, 6.07) is 9.31. The summed E-state index contributed by atoms with van der Waals surface area (Å²) in [6.45, 7) is 5.74. The standard InChI is InChI=1S/C19H18N4O2/c1-3-4-10-14-12(2)19(25)22-18(21-14)16-15(24)11-23(17(16)20)13-8-6-5-7-9-13/h3-10,20,24H,2,11H2,1H3,(H,21,22,25)/b4-3-,14-10+,20-17?. The number of aromatic amines is 1. The van der Waals surface area contributed by atoms with Crippen LogP contribution in [-0.2, 0) is 0 Å². The molecule has 3 N–H and O–H groups in total. The lowest BCUT2D eigenvalue weighted by molar-refractivity contribution is 0.411. The number of nitrogens with one attached hydrogen (secondary N) is 2. The van der Waals surface area contributed by atoms with Crippen molar-refractivity contribution < 1.29 is 5.11 Å². The van der Waals surface area contributed by atoms with Gasteiger partial charge in [-0.1, -0.05) is 36.9 Å². The number of amidine groups is 1. The molecule has 0 saturated heterocycles. The Kier molecular flexibility index (Phi) is 4.35. The molecule has 0 unspecified atom stereocenters. The molecule has 1 aromatic carbocycles. The lowest BCUT2D eigenvalue weighted by Gasteiger charge is -2.18. The number of anilines is 1. The summed E-state index contributed by atoms with van der Waals surface area (Å²) in [7, 11) is 0.